The van der Waals surface area contributed by atoms with Crippen molar-refractivity contribution in [1.82, 2.24) is 0 Å². The van der Waals surface area contributed by atoms with E-state index in [9.17, 15) is 0 Å². The minimum Gasteiger partial charge on any atom is -0.497 e. The van der Waals surface area contributed by atoms with Gasteiger partial charge in [0, 0.05) is 22.7 Å². The van der Waals surface area contributed by atoms with Gasteiger partial charge in [-0.2, -0.15) is 0 Å². The highest BCUT2D eigenvalue weighted by Gasteiger charge is 2.40. The zero-order valence-electron chi connectivity index (χ0n) is 18.2. The number of ether oxygens (including phenoxy) is 2. The molecule has 5 rings (SSSR count). The first-order chi connectivity index (χ1) is 15.7. The van der Waals surface area contributed by atoms with Crippen molar-refractivity contribution in [3.63, 3.8) is 0 Å². The van der Waals surface area contributed by atoms with E-state index in [1.807, 2.05) is 18.2 Å². The Morgan fingerprint density at radius 3 is 2.25 bits per heavy atom. The molecule has 3 aromatic rings. The van der Waals surface area contributed by atoms with Gasteiger partial charge >= 0.3 is 0 Å². The van der Waals surface area contributed by atoms with Crippen molar-refractivity contribution in [1.29, 1.82) is 0 Å². The van der Waals surface area contributed by atoms with Crippen molar-refractivity contribution in [2.45, 2.75) is 19.6 Å². The molecular formula is C28H25NO2P. The van der Waals surface area contributed by atoms with Crippen LogP contribution in [0.3, 0.4) is 0 Å². The normalized spacial score (nSPS) is 18.7. The van der Waals surface area contributed by atoms with E-state index in [2.05, 4.69) is 86.8 Å². The Balaban J connectivity index is 1.44. The first-order valence-corrected chi connectivity index (χ1v) is 12.1. The molecule has 1 atom stereocenters. The molecule has 159 valence electrons. The molecule has 1 fully saturated rings. The molecule has 3 nitrogen and oxygen atoms in total. The van der Waals surface area contributed by atoms with Crippen LogP contribution in [-0.2, 0) is 11.3 Å². The van der Waals surface area contributed by atoms with Crippen molar-refractivity contribution in [2.24, 2.45) is 4.99 Å². The summed E-state index contributed by atoms with van der Waals surface area (Å²) in [6, 6.07) is 27.6. The molecule has 32 heavy (non-hydrogen) atoms. The number of methoxy groups -OCH3 is 1. The van der Waals surface area contributed by atoms with E-state index in [-0.39, 0.29) is 6.04 Å². The van der Waals surface area contributed by atoms with Gasteiger partial charge in [0.15, 0.2) is 0 Å². The second-order valence-corrected chi connectivity index (χ2v) is 9.98. The summed E-state index contributed by atoms with van der Waals surface area (Å²) in [5, 5.41) is 2.69. The third kappa shape index (κ3) is 4.19. The van der Waals surface area contributed by atoms with E-state index in [1.165, 1.54) is 22.2 Å². The molecule has 4 heteroatoms. The Morgan fingerprint density at radius 2 is 1.59 bits per heavy atom. The Bertz CT molecular complexity index is 1040. The lowest BCUT2D eigenvalue weighted by Crippen LogP contribution is -2.24. The van der Waals surface area contributed by atoms with Crippen LogP contribution < -0.4 is 15.3 Å². The van der Waals surface area contributed by atoms with Gasteiger partial charge in [-0.15, -0.1) is 0 Å². The second kappa shape index (κ2) is 9.46. The Labute approximate surface area is 192 Å². The summed E-state index contributed by atoms with van der Waals surface area (Å²) in [5.74, 6) is 2.81. The van der Waals surface area contributed by atoms with Gasteiger partial charge < -0.3 is 9.47 Å². The summed E-state index contributed by atoms with van der Waals surface area (Å²) in [7, 11) is 1.02. The van der Waals surface area contributed by atoms with Crippen molar-refractivity contribution in [2.75, 3.05) is 7.11 Å². The molecule has 1 aliphatic carbocycles. The summed E-state index contributed by atoms with van der Waals surface area (Å²) in [4.78, 5) is 5.01. The van der Waals surface area contributed by atoms with Gasteiger partial charge in [-0.1, -0.05) is 60.7 Å². The van der Waals surface area contributed by atoms with Gasteiger partial charge in [0.05, 0.1) is 13.2 Å². The predicted octanol–water partition coefficient (Wildman–Crippen LogP) is 5.23. The van der Waals surface area contributed by atoms with E-state index in [4.69, 9.17) is 14.5 Å². The Hall–Kier alpha value is -2.64. The minimum atomic E-state index is -0.666. The molecule has 5 radical (unpaired) electrons. The van der Waals surface area contributed by atoms with Crippen LogP contribution >= 0.6 is 7.92 Å². The van der Waals surface area contributed by atoms with Crippen molar-refractivity contribution < 1.29 is 9.47 Å². The van der Waals surface area contributed by atoms with Gasteiger partial charge in [-0.05, 0) is 62.9 Å². The van der Waals surface area contributed by atoms with Crippen molar-refractivity contribution >= 4 is 24.4 Å². The smallest absolute Gasteiger partial charge is 0.217 e. The lowest BCUT2D eigenvalue weighted by molar-refractivity contribution is 0.309. The fourth-order valence-corrected chi connectivity index (χ4v) is 6.71. The summed E-state index contributed by atoms with van der Waals surface area (Å²) in [6.07, 6.45) is 6.61. The van der Waals surface area contributed by atoms with Crippen molar-refractivity contribution in [3.8, 4) is 5.75 Å². The summed E-state index contributed by atoms with van der Waals surface area (Å²) in [6.45, 7) is 2.69. The number of nitrogens with zero attached hydrogens (tertiary/aromatic N) is 1. The molecule has 3 aromatic carbocycles. The molecule has 0 saturated heterocycles. The van der Waals surface area contributed by atoms with E-state index >= 15 is 0 Å². The van der Waals surface area contributed by atoms with Crippen LogP contribution in [0.4, 0.5) is 0 Å². The summed E-state index contributed by atoms with van der Waals surface area (Å²) >= 11 is 0. The molecule has 0 amide bonds. The van der Waals surface area contributed by atoms with E-state index in [0.29, 0.717) is 12.5 Å². The molecule has 0 aromatic heterocycles. The highest BCUT2D eigenvalue weighted by atomic mass is 31.1. The molecular weight excluding hydrogens is 413 g/mol. The molecule has 0 spiro atoms. The zero-order chi connectivity index (χ0) is 21.9. The highest BCUT2D eigenvalue weighted by Crippen LogP contribution is 2.57. The summed E-state index contributed by atoms with van der Waals surface area (Å²) in [5.41, 5.74) is 3.52. The molecule has 2 aliphatic rings. The fourth-order valence-electron chi connectivity index (χ4n) is 4.16. The van der Waals surface area contributed by atoms with Gasteiger partial charge in [-0.3, -0.25) is 0 Å². The van der Waals surface area contributed by atoms with Gasteiger partial charge in [0.25, 0.3) is 0 Å². The number of aliphatic imine (C=N–C) groups is 1. The topological polar surface area (TPSA) is 30.8 Å². The number of fused-ring (bicyclic) bond motifs is 1. The van der Waals surface area contributed by atoms with Crippen LogP contribution in [0.1, 0.15) is 18.1 Å². The lowest BCUT2D eigenvalue weighted by atomic mass is 9.99. The standard InChI is InChI=1S/C28H25NO2P/c1-20(29-28-26-17-16-22(30-2)18-21(26)19-31-28)25-14-9-15-27(25)32(23-10-5-3-6-11-23)24-12-7-4-8-13-24/h3-18,20H,19H2,1-2H3/t20-/m1/s1. The van der Waals surface area contributed by atoms with E-state index in [0.717, 1.165) is 16.9 Å². The first-order valence-electron chi connectivity index (χ1n) is 10.8. The maximum absolute atomic E-state index is 5.96. The lowest BCUT2D eigenvalue weighted by Gasteiger charge is -2.31. The third-order valence-electron chi connectivity index (χ3n) is 5.76. The average molecular weight is 438 g/mol. The van der Waals surface area contributed by atoms with Gasteiger partial charge in [0.2, 0.25) is 5.90 Å². The van der Waals surface area contributed by atoms with Crippen LogP contribution in [0.5, 0.6) is 5.75 Å². The van der Waals surface area contributed by atoms with Crippen LogP contribution in [0.2, 0.25) is 0 Å². The third-order valence-corrected chi connectivity index (χ3v) is 8.28. The zero-order valence-corrected chi connectivity index (χ0v) is 19.1. The maximum Gasteiger partial charge on any atom is 0.217 e. The van der Waals surface area contributed by atoms with Crippen LogP contribution in [0.25, 0.3) is 0 Å². The number of benzene rings is 3. The van der Waals surface area contributed by atoms with Crippen LogP contribution in [0.15, 0.2) is 83.9 Å². The minimum absolute atomic E-state index is 0.0134. The average Bonchev–Trinajstić information content (AvgIpc) is 3.48. The van der Waals surface area contributed by atoms with Crippen molar-refractivity contribution in [3.05, 3.63) is 121 Å². The van der Waals surface area contributed by atoms with Gasteiger partial charge in [0.1, 0.15) is 12.4 Å². The Morgan fingerprint density at radius 1 is 0.906 bits per heavy atom. The molecule has 0 unspecified atom stereocenters. The summed E-state index contributed by atoms with van der Waals surface area (Å²) < 4.78 is 11.3. The highest BCUT2D eigenvalue weighted by molar-refractivity contribution is 7.76. The van der Waals surface area contributed by atoms with Crippen LogP contribution in [-0.4, -0.2) is 19.0 Å². The maximum atomic E-state index is 5.96. The number of hydrogen-bond donors (Lipinski definition) is 0. The fraction of sp³-hybridized carbons (Fsp3) is 0.143. The quantitative estimate of drug-likeness (QED) is 0.494. The molecule has 1 heterocycles. The molecule has 0 bridgehead atoms. The first kappa shape index (κ1) is 21.2. The molecule has 1 saturated carbocycles. The Kier molecular flexibility index (Phi) is 6.28. The van der Waals surface area contributed by atoms with E-state index < -0.39 is 7.92 Å². The SMILES string of the molecule is COc1ccc2c(c1)COC2=N[C@H](C)[C]1[CH][CH][CH][C]1P(c1ccccc1)c1ccccc1. The van der Waals surface area contributed by atoms with E-state index in [1.54, 1.807) is 7.11 Å². The van der Waals surface area contributed by atoms with Gasteiger partial charge in [-0.25, -0.2) is 4.99 Å². The van der Waals surface area contributed by atoms with Crippen LogP contribution in [0, 0.1) is 30.8 Å². The predicted molar refractivity (Wildman–Crippen MR) is 132 cm³/mol. The number of rotatable bonds is 6. The molecule has 0 N–H and O–H groups in total. The number of hydrogen-bond acceptors (Lipinski definition) is 3. The molecule has 1 aliphatic heterocycles. The largest absolute Gasteiger partial charge is 0.497 e. The second-order valence-electron chi connectivity index (χ2n) is 7.79. The monoisotopic (exact) mass is 438 g/mol.